The van der Waals surface area contributed by atoms with Gasteiger partial charge < -0.3 is 19.5 Å². The summed E-state index contributed by atoms with van der Waals surface area (Å²) in [5, 5.41) is 3.11. The Kier molecular flexibility index (Phi) is 10.3. The minimum atomic E-state index is -0.0709. The summed E-state index contributed by atoms with van der Waals surface area (Å²) in [5.41, 5.74) is 0.887. The SMILES string of the molecule is CCOC(=O)C1CCN(CCOc2ccc(C=CC(=O)NC3CCC(C)CC3)cc2OC)CC1. The number of nitrogens with one attached hydrogen (secondary N) is 1. The van der Waals surface area contributed by atoms with Gasteiger partial charge in [0.25, 0.3) is 0 Å². The van der Waals surface area contributed by atoms with Crippen molar-refractivity contribution in [3.05, 3.63) is 29.8 Å². The molecule has 3 rings (SSSR count). The first-order valence-electron chi connectivity index (χ1n) is 12.7. The Hall–Kier alpha value is -2.54. The smallest absolute Gasteiger partial charge is 0.309 e. The molecule has 7 nitrogen and oxygen atoms in total. The fourth-order valence-electron chi connectivity index (χ4n) is 4.67. The minimum Gasteiger partial charge on any atom is -0.493 e. The van der Waals surface area contributed by atoms with Crippen LogP contribution in [0.5, 0.6) is 11.5 Å². The number of hydrogen-bond acceptors (Lipinski definition) is 6. The Morgan fingerprint density at radius 1 is 1.09 bits per heavy atom. The van der Waals surface area contributed by atoms with E-state index in [0.29, 0.717) is 24.7 Å². The van der Waals surface area contributed by atoms with E-state index in [-0.39, 0.29) is 23.8 Å². The number of benzene rings is 1. The highest BCUT2D eigenvalue weighted by Crippen LogP contribution is 2.29. The third-order valence-corrected chi connectivity index (χ3v) is 6.85. The highest BCUT2D eigenvalue weighted by Gasteiger charge is 2.25. The van der Waals surface area contributed by atoms with E-state index >= 15 is 0 Å². The molecule has 7 heteroatoms. The molecular formula is C27H40N2O5. The zero-order valence-corrected chi connectivity index (χ0v) is 20.9. The Labute approximate surface area is 203 Å². The van der Waals surface area contributed by atoms with E-state index in [2.05, 4.69) is 17.1 Å². The van der Waals surface area contributed by atoms with Gasteiger partial charge in [0.1, 0.15) is 6.61 Å². The molecule has 1 aromatic carbocycles. The number of esters is 1. The van der Waals surface area contributed by atoms with Gasteiger partial charge in [0, 0.05) is 18.7 Å². The zero-order chi connectivity index (χ0) is 24.3. The average molecular weight is 473 g/mol. The quantitative estimate of drug-likeness (QED) is 0.409. The number of rotatable bonds is 10. The van der Waals surface area contributed by atoms with E-state index < -0.39 is 0 Å². The molecule has 0 unspecified atom stereocenters. The lowest BCUT2D eigenvalue weighted by atomic mass is 9.87. The third kappa shape index (κ3) is 8.05. The lowest BCUT2D eigenvalue weighted by Gasteiger charge is -2.30. The van der Waals surface area contributed by atoms with Crippen molar-refractivity contribution in [1.29, 1.82) is 0 Å². The van der Waals surface area contributed by atoms with Gasteiger partial charge in [-0.05, 0) is 88.2 Å². The van der Waals surface area contributed by atoms with Gasteiger partial charge in [-0.3, -0.25) is 14.5 Å². The molecule has 0 spiro atoms. The summed E-state index contributed by atoms with van der Waals surface area (Å²) in [7, 11) is 1.62. The largest absolute Gasteiger partial charge is 0.493 e. The fourth-order valence-corrected chi connectivity index (χ4v) is 4.67. The molecule has 0 radical (unpaired) electrons. The maximum absolute atomic E-state index is 12.3. The maximum Gasteiger partial charge on any atom is 0.309 e. The van der Waals surface area contributed by atoms with Crippen LogP contribution in [-0.2, 0) is 14.3 Å². The van der Waals surface area contributed by atoms with Crippen LogP contribution in [0.25, 0.3) is 6.08 Å². The van der Waals surface area contributed by atoms with Crippen molar-refractivity contribution in [3.63, 3.8) is 0 Å². The Morgan fingerprint density at radius 3 is 2.50 bits per heavy atom. The summed E-state index contributed by atoms with van der Waals surface area (Å²) >= 11 is 0. The molecule has 1 aliphatic carbocycles. The minimum absolute atomic E-state index is 0.0197. The number of carbonyl (C=O) groups excluding carboxylic acids is 2. The fraction of sp³-hybridized carbons (Fsp3) is 0.630. The second kappa shape index (κ2) is 13.4. The molecule has 0 aromatic heterocycles. The van der Waals surface area contributed by atoms with Crippen LogP contribution in [0.4, 0.5) is 0 Å². The summed E-state index contributed by atoms with van der Waals surface area (Å²) in [6.45, 7) is 7.63. The summed E-state index contributed by atoms with van der Waals surface area (Å²) in [6.07, 6.45) is 9.54. The first-order chi connectivity index (χ1) is 16.5. The van der Waals surface area contributed by atoms with Gasteiger partial charge in [0.2, 0.25) is 5.91 Å². The Morgan fingerprint density at radius 2 is 1.82 bits per heavy atom. The summed E-state index contributed by atoms with van der Waals surface area (Å²) in [6, 6.07) is 5.97. The van der Waals surface area contributed by atoms with Gasteiger partial charge in [0.05, 0.1) is 19.6 Å². The number of amides is 1. The summed E-state index contributed by atoms with van der Waals surface area (Å²) in [4.78, 5) is 26.5. The molecule has 1 N–H and O–H groups in total. The summed E-state index contributed by atoms with van der Waals surface area (Å²) in [5.74, 6) is 1.99. The summed E-state index contributed by atoms with van der Waals surface area (Å²) < 4.78 is 16.6. The molecule has 1 saturated heterocycles. The molecule has 34 heavy (non-hydrogen) atoms. The lowest BCUT2D eigenvalue weighted by molar-refractivity contribution is -0.149. The third-order valence-electron chi connectivity index (χ3n) is 6.85. The Balaban J connectivity index is 1.42. The molecule has 0 atom stereocenters. The molecule has 2 aliphatic rings. The van der Waals surface area contributed by atoms with E-state index in [4.69, 9.17) is 14.2 Å². The normalized spacial score (nSPS) is 21.9. The molecule has 188 valence electrons. The van der Waals surface area contributed by atoms with Crippen LogP contribution in [-0.4, -0.2) is 62.8 Å². The van der Waals surface area contributed by atoms with E-state index in [1.54, 1.807) is 19.3 Å². The number of ether oxygens (including phenoxy) is 3. The number of carbonyl (C=O) groups is 2. The number of hydrogen-bond donors (Lipinski definition) is 1. The molecule has 1 aliphatic heterocycles. The molecule has 1 saturated carbocycles. The van der Waals surface area contributed by atoms with Crippen LogP contribution in [0.3, 0.4) is 0 Å². The number of nitrogens with zero attached hydrogens (tertiary/aromatic N) is 1. The van der Waals surface area contributed by atoms with Gasteiger partial charge >= 0.3 is 5.97 Å². The Bertz CT molecular complexity index is 824. The van der Waals surface area contributed by atoms with E-state index in [1.807, 2.05) is 25.1 Å². The average Bonchev–Trinajstić information content (AvgIpc) is 2.85. The maximum atomic E-state index is 12.3. The first kappa shape index (κ1) is 26.1. The van der Waals surface area contributed by atoms with Crippen LogP contribution < -0.4 is 14.8 Å². The topological polar surface area (TPSA) is 77.1 Å². The monoisotopic (exact) mass is 472 g/mol. The van der Waals surface area contributed by atoms with Gasteiger partial charge in [-0.15, -0.1) is 0 Å². The van der Waals surface area contributed by atoms with E-state index in [0.717, 1.165) is 56.8 Å². The van der Waals surface area contributed by atoms with Crippen molar-refractivity contribution in [1.82, 2.24) is 10.2 Å². The van der Waals surface area contributed by atoms with Gasteiger partial charge in [0.15, 0.2) is 11.5 Å². The molecular weight excluding hydrogens is 432 g/mol. The lowest BCUT2D eigenvalue weighted by Crippen LogP contribution is -2.39. The van der Waals surface area contributed by atoms with Crippen LogP contribution >= 0.6 is 0 Å². The number of methoxy groups -OCH3 is 1. The molecule has 1 aromatic rings. The van der Waals surface area contributed by atoms with E-state index in [1.165, 1.54) is 12.8 Å². The van der Waals surface area contributed by atoms with Crippen LogP contribution in [0.15, 0.2) is 24.3 Å². The molecule has 0 bridgehead atoms. The predicted octanol–water partition coefficient (Wildman–Crippen LogP) is 4.06. The van der Waals surface area contributed by atoms with Crippen LogP contribution in [0.2, 0.25) is 0 Å². The van der Waals surface area contributed by atoms with Gasteiger partial charge in [-0.25, -0.2) is 0 Å². The van der Waals surface area contributed by atoms with Crippen molar-refractivity contribution < 1.29 is 23.8 Å². The molecule has 1 heterocycles. The second-order valence-electron chi connectivity index (χ2n) is 9.43. The highest BCUT2D eigenvalue weighted by atomic mass is 16.5. The van der Waals surface area contributed by atoms with Crippen molar-refractivity contribution in [3.8, 4) is 11.5 Å². The van der Waals surface area contributed by atoms with Crippen molar-refractivity contribution >= 4 is 18.0 Å². The van der Waals surface area contributed by atoms with E-state index in [9.17, 15) is 9.59 Å². The van der Waals surface area contributed by atoms with Gasteiger partial charge in [-0.1, -0.05) is 13.0 Å². The van der Waals surface area contributed by atoms with Crippen molar-refractivity contribution in [2.45, 2.75) is 58.4 Å². The van der Waals surface area contributed by atoms with Crippen LogP contribution in [0, 0.1) is 11.8 Å². The van der Waals surface area contributed by atoms with Crippen molar-refractivity contribution in [2.75, 3.05) is 40.0 Å². The molecule has 1 amide bonds. The molecule has 2 fully saturated rings. The second-order valence-corrected chi connectivity index (χ2v) is 9.43. The highest BCUT2D eigenvalue weighted by molar-refractivity contribution is 5.92. The van der Waals surface area contributed by atoms with Crippen LogP contribution in [0.1, 0.15) is 57.9 Å². The van der Waals surface area contributed by atoms with Gasteiger partial charge in [-0.2, -0.15) is 0 Å². The van der Waals surface area contributed by atoms with Crippen molar-refractivity contribution in [2.24, 2.45) is 11.8 Å². The zero-order valence-electron chi connectivity index (χ0n) is 20.9. The predicted molar refractivity (Wildman–Crippen MR) is 133 cm³/mol. The number of likely N-dealkylation sites (tertiary alicyclic amines) is 1. The first-order valence-corrected chi connectivity index (χ1v) is 12.7. The number of piperidine rings is 1. The standard InChI is InChI=1S/C27H40N2O5/c1-4-33-27(31)22-13-15-29(16-14-22)17-18-34-24-11-7-21(19-25(24)32-3)8-12-26(30)28-23-9-5-20(2)6-10-23/h7-8,11-12,19-20,22-23H,4-6,9-10,13-18H2,1-3H3,(H,28,30).